The Balaban J connectivity index is 2.09. The molecule has 1 aromatic rings. The van der Waals surface area contributed by atoms with Gasteiger partial charge in [0.15, 0.2) is 5.89 Å². The molecular weight excluding hydrogens is 184 g/mol. The number of amides is 1. The summed E-state index contributed by atoms with van der Waals surface area (Å²) >= 11 is 0. The Kier molecular flexibility index (Phi) is 2.05. The van der Waals surface area contributed by atoms with Crippen molar-refractivity contribution in [3.8, 4) is 0 Å². The van der Waals surface area contributed by atoms with Crippen molar-refractivity contribution in [1.82, 2.24) is 10.4 Å². The van der Waals surface area contributed by atoms with Gasteiger partial charge in [-0.05, 0) is 0 Å². The van der Waals surface area contributed by atoms with Crippen LogP contribution >= 0.6 is 0 Å². The highest BCUT2D eigenvalue weighted by Crippen LogP contribution is 2.05. The summed E-state index contributed by atoms with van der Waals surface area (Å²) in [5.74, 6) is 0.312. The zero-order valence-electron chi connectivity index (χ0n) is 7.65. The largest absolute Gasteiger partial charge is 0.449 e. The highest BCUT2D eigenvalue weighted by Gasteiger charge is 2.26. The number of carbonyl (C=O) groups is 1. The average Bonchev–Trinajstić information content (AvgIpc) is 2.67. The average molecular weight is 194 g/mol. The molecule has 1 amide bonds. The molecule has 0 radical (unpaired) electrons. The lowest BCUT2D eigenvalue weighted by molar-refractivity contribution is -0.120. The number of nitrogens with zero attached hydrogens (tertiary/aromatic N) is 2. The van der Waals surface area contributed by atoms with Gasteiger partial charge in [0.2, 0.25) is 0 Å². The number of hydrogen-bond acceptors (Lipinski definition) is 5. The maximum atomic E-state index is 11.0. The van der Waals surface area contributed by atoms with Gasteiger partial charge in [0.25, 0.3) is 5.91 Å². The van der Waals surface area contributed by atoms with Crippen molar-refractivity contribution in [3.63, 3.8) is 0 Å². The van der Waals surface area contributed by atoms with Crippen LogP contribution in [0.1, 0.15) is 11.6 Å². The Morgan fingerprint density at radius 2 is 2.50 bits per heavy atom. The topological polar surface area (TPSA) is 93.5 Å². The number of nitrogens with two attached hydrogens (primary N) is 1. The highest BCUT2D eigenvalue weighted by atomic mass is 16.3. The van der Waals surface area contributed by atoms with Crippen molar-refractivity contribution in [2.24, 2.45) is 10.8 Å². The van der Waals surface area contributed by atoms with Crippen molar-refractivity contribution in [1.29, 1.82) is 0 Å². The smallest absolute Gasteiger partial charge is 0.262 e. The molecule has 0 saturated heterocycles. The van der Waals surface area contributed by atoms with E-state index < -0.39 is 6.04 Å². The van der Waals surface area contributed by atoms with Gasteiger partial charge >= 0.3 is 0 Å². The summed E-state index contributed by atoms with van der Waals surface area (Å²) in [5, 5.41) is 3.81. The summed E-state index contributed by atoms with van der Waals surface area (Å²) in [6, 6.07) is -0.660. The summed E-state index contributed by atoms with van der Waals surface area (Å²) in [4.78, 5) is 15.1. The summed E-state index contributed by atoms with van der Waals surface area (Å²) < 4.78 is 5.02. The molecule has 6 heteroatoms. The van der Waals surface area contributed by atoms with Crippen molar-refractivity contribution in [3.05, 3.63) is 17.8 Å². The fraction of sp³-hybridized carbons (Fsp3) is 0.375. The van der Waals surface area contributed by atoms with Crippen LogP contribution in [0.15, 0.2) is 15.8 Å². The van der Waals surface area contributed by atoms with Gasteiger partial charge in [0.05, 0.1) is 11.4 Å². The van der Waals surface area contributed by atoms with E-state index in [1.807, 2.05) is 0 Å². The second-order valence-electron chi connectivity index (χ2n) is 3.09. The third-order valence-corrected chi connectivity index (χ3v) is 1.98. The molecule has 2 rings (SSSR count). The SMILES string of the molecule is Cc1nc(CC2=NNC(=O)C2N)co1. The van der Waals surface area contributed by atoms with Crippen molar-refractivity contribution < 1.29 is 9.21 Å². The molecule has 74 valence electrons. The molecule has 3 N–H and O–H groups in total. The Hall–Kier alpha value is -1.69. The van der Waals surface area contributed by atoms with E-state index in [1.54, 1.807) is 6.92 Å². The number of hydrogen-bond donors (Lipinski definition) is 2. The van der Waals surface area contributed by atoms with Crippen molar-refractivity contribution in [2.75, 3.05) is 0 Å². The molecule has 0 saturated carbocycles. The van der Waals surface area contributed by atoms with E-state index in [2.05, 4.69) is 15.5 Å². The molecule has 1 aliphatic heterocycles. The fourth-order valence-corrected chi connectivity index (χ4v) is 1.24. The molecule has 0 aliphatic carbocycles. The molecule has 0 bridgehead atoms. The fourth-order valence-electron chi connectivity index (χ4n) is 1.24. The molecule has 0 fully saturated rings. The quantitative estimate of drug-likeness (QED) is 0.653. The van der Waals surface area contributed by atoms with Crippen LogP contribution in [0.2, 0.25) is 0 Å². The number of carbonyl (C=O) groups excluding carboxylic acids is 1. The Morgan fingerprint density at radius 1 is 1.71 bits per heavy atom. The van der Waals surface area contributed by atoms with Crippen molar-refractivity contribution >= 4 is 11.6 Å². The van der Waals surface area contributed by atoms with Crippen LogP contribution in [0.5, 0.6) is 0 Å². The number of hydrazone groups is 1. The molecular formula is C8H10N4O2. The maximum Gasteiger partial charge on any atom is 0.262 e. The lowest BCUT2D eigenvalue weighted by Crippen LogP contribution is -2.38. The van der Waals surface area contributed by atoms with Crippen LogP contribution in [0.25, 0.3) is 0 Å². The third kappa shape index (κ3) is 1.51. The van der Waals surface area contributed by atoms with Gasteiger partial charge in [0.1, 0.15) is 12.3 Å². The van der Waals surface area contributed by atoms with E-state index >= 15 is 0 Å². The number of oxazole rings is 1. The van der Waals surface area contributed by atoms with Gasteiger partial charge in [-0.25, -0.2) is 10.4 Å². The minimum absolute atomic E-state index is 0.278. The highest BCUT2D eigenvalue weighted by molar-refractivity contribution is 6.12. The molecule has 1 unspecified atom stereocenters. The van der Waals surface area contributed by atoms with E-state index in [1.165, 1.54) is 6.26 Å². The van der Waals surface area contributed by atoms with E-state index in [-0.39, 0.29) is 5.91 Å². The number of rotatable bonds is 2. The third-order valence-electron chi connectivity index (χ3n) is 1.98. The first-order chi connectivity index (χ1) is 6.66. The minimum atomic E-state index is -0.660. The number of nitrogens with one attached hydrogen (secondary N) is 1. The van der Waals surface area contributed by atoms with Crippen LogP contribution in [0.3, 0.4) is 0 Å². The lowest BCUT2D eigenvalue weighted by Gasteiger charge is -2.00. The van der Waals surface area contributed by atoms with Gasteiger partial charge in [0, 0.05) is 13.3 Å². The first kappa shape index (κ1) is 8.89. The normalized spacial score (nSPS) is 20.9. The molecule has 0 aromatic carbocycles. The van der Waals surface area contributed by atoms with Gasteiger partial charge in [-0.3, -0.25) is 4.79 Å². The van der Waals surface area contributed by atoms with Crippen LogP contribution in [-0.2, 0) is 11.2 Å². The zero-order chi connectivity index (χ0) is 10.1. The summed E-state index contributed by atoms with van der Waals surface area (Å²) in [6.07, 6.45) is 1.98. The Bertz CT molecular complexity index is 396. The Labute approximate surface area is 80.2 Å². The van der Waals surface area contributed by atoms with E-state index in [0.717, 1.165) is 5.69 Å². The van der Waals surface area contributed by atoms with Crippen LogP contribution in [0.4, 0.5) is 0 Å². The molecule has 1 atom stereocenters. The Morgan fingerprint density at radius 3 is 3.00 bits per heavy atom. The predicted molar refractivity (Wildman–Crippen MR) is 48.5 cm³/mol. The standard InChI is InChI=1S/C8H10N4O2/c1-4-10-5(3-14-4)2-6-7(9)8(13)12-11-6/h3,7H,2,9H2,1H3,(H,12,13). The molecule has 14 heavy (non-hydrogen) atoms. The van der Waals surface area contributed by atoms with Crippen LogP contribution < -0.4 is 11.2 Å². The second kappa shape index (κ2) is 3.22. The van der Waals surface area contributed by atoms with Gasteiger partial charge in [-0.15, -0.1) is 0 Å². The minimum Gasteiger partial charge on any atom is -0.449 e. The van der Waals surface area contributed by atoms with Gasteiger partial charge in [-0.1, -0.05) is 0 Å². The summed E-state index contributed by atoms with van der Waals surface area (Å²) in [6.45, 7) is 1.75. The van der Waals surface area contributed by atoms with Gasteiger partial charge in [-0.2, -0.15) is 5.10 Å². The zero-order valence-corrected chi connectivity index (χ0v) is 7.65. The van der Waals surface area contributed by atoms with Crippen molar-refractivity contribution in [2.45, 2.75) is 19.4 Å². The van der Waals surface area contributed by atoms with E-state index in [4.69, 9.17) is 10.2 Å². The number of aryl methyl sites for hydroxylation is 1. The predicted octanol–water partition coefficient (Wildman–Crippen LogP) is -0.661. The molecule has 2 heterocycles. The molecule has 6 nitrogen and oxygen atoms in total. The van der Waals surface area contributed by atoms with Crippen LogP contribution in [-0.4, -0.2) is 22.6 Å². The lowest BCUT2D eigenvalue weighted by atomic mass is 10.1. The number of aromatic nitrogens is 1. The van der Waals surface area contributed by atoms with E-state index in [9.17, 15) is 4.79 Å². The maximum absolute atomic E-state index is 11.0. The van der Waals surface area contributed by atoms with E-state index in [0.29, 0.717) is 18.0 Å². The van der Waals surface area contributed by atoms with Gasteiger partial charge < -0.3 is 10.2 Å². The summed E-state index contributed by atoms with van der Waals surface area (Å²) in [7, 11) is 0. The molecule has 1 aliphatic rings. The summed E-state index contributed by atoms with van der Waals surface area (Å²) in [5.41, 5.74) is 9.20. The molecule has 0 spiro atoms. The van der Waals surface area contributed by atoms with Crippen LogP contribution in [0, 0.1) is 6.92 Å². The first-order valence-corrected chi connectivity index (χ1v) is 4.19. The monoisotopic (exact) mass is 194 g/mol. The first-order valence-electron chi connectivity index (χ1n) is 4.19. The molecule has 1 aromatic heterocycles. The second-order valence-corrected chi connectivity index (χ2v) is 3.09.